The van der Waals surface area contributed by atoms with Gasteiger partial charge in [-0.1, -0.05) is 12.1 Å². The molecule has 0 saturated heterocycles. The van der Waals surface area contributed by atoms with Gasteiger partial charge >= 0.3 is 6.18 Å². The highest BCUT2D eigenvalue weighted by Crippen LogP contribution is 2.18. The summed E-state index contributed by atoms with van der Waals surface area (Å²) in [6.45, 7) is 6.11. The van der Waals surface area contributed by atoms with Crippen LogP contribution < -0.4 is 15.5 Å². The molecular weight excluding hydrogens is 305 g/mol. The van der Waals surface area contributed by atoms with Gasteiger partial charge < -0.3 is 15.5 Å². The molecule has 130 valence electrons. The molecule has 7 heteroatoms. The van der Waals surface area contributed by atoms with Crippen molar-refractivity contribution in [3.8, 4) is 0 Å². The van der Waals surface area contributed by atoms with Crippen LogP contribution >= 0.6 is 0 Å². The van der Waals surface area contributed by atoms with E-state index < -0.39 is 12.6 Å². The smallest absolute Gasteiger partial charge is 0.370 e. The van der Waals surface area contributed by atoms with Gasteiger partial charge in [-0.2, -0.15) is 13.2 Å². The van der Waals surface area contributed by atoms with Crippen LogP contribution in [-0.4, -0.2) is 45.4 Å². The summed E-state index contributed by atoms with van der Waals surface area (Å²) in [5, 5.41) is 5.70. The number of aryl methyl sites for hydroxylation is 1. The lowest BCUT2D eigenvalue weighted by Gasteiger charge is -2.24. The second kappa shape index (κ2) is 9.27. The minimum atomic E-state index is -4.16. The quantitative estimate of drug-likeness (QED) is 0.596. The molecule has 0 aliphatic heterocycles. The van der Waals surface area contributed by atoms with Crippen molar-refractivity contribution in [1.29, 1.82) is 0 Å². The zero-order valence-corrected chi connectivity index (χ0v) is 13.9. The Morgan fingerprint density at radius 1 is 1.22 bits per heavy atom. The van der Waals surface area contributed by atoms with Crippen LogP contribution in [-0.2, 0) is 0 Å². The van der Waals surface area contributed by atoms with Crippen molar-refractivity contribution in [1.82, 2.24) is 10.6 Å². The highest BCUT2D eigenvalue weighted by atomic mass is 19.4. The third-order valence-corrected chi connectivity index (χ3v) is 3.35. The van der Waals surface area contributed by atoms with Crippen molar-refractivity contribution in [2.24, 2.45) is 4.99 Å². The summed E-state index contributed by atoms with van der Waals surface area (Å²) in [5.74, 6) is 0.384. The molecule has 0 unspecified atom stereocenters. The van der Waals surface area contributed by atoms with Crippen LogP contribution in [0.25, 0.3) is 0 Å². The van der Waals surface area contributed by atoms with Crippen LogP contribution in [0.15, 0.2) is 29.3 Å². The van der Waals surface area contributed by atoms with Crippen LogP contribution in [0.2, 0.25) is 0 Å². The number of nitrogens with one attached hydrogen (secondary N) is 2. The second-order valence-electron chi connectivity index (χ2n) is 5.21. The number of rotatable bonds is 7. The Morgan fingerprint density at radius 2 is 1.91 bits per heavy atom. The summed E-state index contributed by atoms with van der Waals surface area (Å²) in [4.78, 5) is 6.12. The topological polar surface area (TPSA) is 39.7 Å². The number of halogens is 3. The fraction of sp³-hybridized carbons (Fsp3) is 0.562. The van der Waals surface area contributed by atoms with Crippen molar-refractivity contribution in [2.45, 2.75) is 26.4 Å². The van der Waals surface area contributed by atoms with Crippen molar-refractivity contribution in [2.75, 3.05) is 38.1 Å². The van der Waals surface area contributed by atoms with Crippen LogP contribution in [0.1, 0.15) is 18.9 Å². The maximum Gasteiger partial charge on any atom is 0.390 e. The Labute approximate surface area is 135 Å². The van der Waals surface area contributed by atoms with Gasteiger partial charge in [0.15, 0.2) is 5.96 Å². The summed E-state index contributed by atoms with van der Waals surface area (Å²) in [6.07, 6.45) is -5.03. The fourth-order valence-electron chi connectivity index (χ4n) is 2.15. The molecule has 0 radical (unpaired) electrons. The Kier molecular flexibility index (Phi) is 7.71. The van der Waals surface area contributed by atoms with Crippen LogP contribution in [0, 0.1) is 6.92 Å². The normalized spacial score (nSPS) is 12.2. The molecule has 0 aromatic heterocycles. The molecule has 1 aromatic rings. The fourth-order valence-corrected chi connectivity index (χ4v) is 2.15. The summed E-state index contributed by atoms with van der Waals surface area (Å²) < 4.78 is 36.4. The number of likely N-dealkylation sites (N-methyl/N-ethyl adjacent to an activating group) is 1. The van der Waals surface area contributed by atoms with Gasteiger partial charge in [0.25, 0.3) is 0 Å². The number of guanidine groups is 1. The summed E-state index contributed by atoms with van der Waals surface area (Å²) >= 11 is 0. The lowest BCUT2D eigenvalue weighted by atomic mass is 10.2. The zero-order valence-electron chi connectivity index (χ0n) is 13.9. The third kappa shape index (κ3) is 7.76. The van der Waals surface area contributed by atoms with Gasteiger partial charge in [0.05, 0.1) is 6.42 Å². The minimum absolute atomic E-state index is 0.182. The number of benzene rings is 1. The Morgan fingerprint density at radius 3 is 2.48 bits per heavy atom. The van der Waals surface area contributed by atoms with Gasteiger partial charge in [-0.05, 0) is 31.5 Å². The van der Waals surface area contributed by atoms with Crippen LogP contribution in [0.5, 0.6) is 0 Å². The predicted octanol–water partition coefficient (Wildman–Crippen LogP) is 2.94. The zero-order chi connectivity index (χ0) is 17.3. The maximum absolute atomic E-state index is 12.1. The van der Waals surface area contributed by atoms with Gasteiger partial charge in [0.1, 0.15) is 0 Å². The maximum atomic E-state index is 12.1. The molecule has 0 fully saturated rings. The summed E-state index contributed by atoms with van der Waals surface area (Å²) in [5.41, 5.74) is 2.33. The molecular formula is C16H25F3N4. The van der Waals surface area contributed by atoms with Gasteiger partial charge in [0, 0.05) is 38.9 Å². The molecule has 2 N–H and O–H groups in total. The van der Waals surface area contributed by atoms with E-state index in [1.807, 2.05) is 25.1 Å². The number of anilines is 1. The Bertz CT molecular complexity index is 500. The third-order valence-electron chi connectivity index (χ3n) is 3.35. The molecule has 0 atom stereocenters. The average molecular weight is 330 g/mol. The first kappa shape index (κ1) is 19.1. The number of hydrogen-bond acceptors (Lipinski definition) is 2. The molecule has 0 aliphatic rings. The summed E-state index contributed by atoms with van der Waals surface area (Å²) in [6, 6.07) is 8.22. The predicted molar refractivity (Wildman–Crippen MR) is 89.1 cm³/mol. The van der Waals surface area contributed by atoms with E-state index in [4.69, 9.17) is 0 Å². The molecule has 0 amide bonds. The Balaban J connectivity index is 2.40. The standard InChI is InChI=1S/C16H25F3N4/c1-4-23(14-7-5-6-13(2)12-14)11-10-22-15(20-3)21-9-8-16(17,18)19/h5-7,12H,4,8-11H2,1-3H3,(H2,20,21,22). The lowest BCUT2D eigenvalue weighted by molar-refractivity contribution is -0.132. The van der Waals surface area contributed by atoms with Gasteiger partial charge in [0.2, 0.25) is 0 Å². The molecule has 0 spiro atoms. The van der Waals surface area contributed by atoms with Crippen molar-refractivity contribution < 1.29 is 13.2 Å². The highest BCUT2D eigenvalue weighted by Gasteiger charge is 2.26. The van der Waals surface area contributed by atoms with E-state index in [9.17, 15) is 13.2 Å². The molecule has 23 heavy (non-hydrogen) atoms. The average Bonchev–Trinajstić information content (AvgIpc) is 2.48. The molecule has 1 rings (SSSR count). The summed E-state index contributed by atoms with van der Waals surface area (Å²) in [7, 11) is 1.54. The lowest BCUT2D eigenvalue weighted by Crippen LogP contribution is -2.42. The number of alkyl halides is 3. The first-order valence-corrected chi connectivity index (χ1v) is 7.68. The largest absolute Gasteiger partial charge is 0.390 e. The van der Waals surface area contributed by atoms with Gasteiger partial charge in [-0.25, -0.2) is 0 Å². The van der Waals surface area contributed by atoms with E-state index in [0.717, 1.165) is 18.8 Å². The highest BCUT2D eigenvalue weighted by molar-refractivity contribution is 5.79. The van der Waals surface area contributed by atoms with Crippen molar-refractivity contribution in [3.63, 3.8) is 0 Å². The van der Waals surface area contributed by atoms with E-state index in [1.54, 1.807) is 7.05 Å². The number of aliphatic imine (C=N–C) groups is 1. The first-order valence-electron chi connectivity index (χ1n) is 7.68. The molecule has 0 saturated carbocycles. The minimum Gasteiger partial charge on any atom is -0.370 e. The molecule has 4 nitrogen and oxygen atoms in total. The van der Waals surface area contributed by atoms with E-state index in [-0.39, 0.29) is 6.54 Å². The van der Waals surface area contributed by atoms with Gasteiger partial charge in [-0.15, -0.1) is 0 Å². The molecule has 0 aliphatic carbocycles. The van der Waals surface area contributed by atoms with E-state index in [1.165, 1.54) is 5.56 Å². The Hall–Kier alpha value is -1.92. The van der Waals surface area contributed by atoms with E-state index in [0.29, 0.717) is 12.5 Å². The van der Waals surface area contributed by atoms with E-state index in [2.05, 4.69) is 33.5 Å². The van der Waals surface area contributed by atoms with Crippen LogP contribution in [0.4, 0.5) is 18.9 Å². The van der Waals surface area contributed by atoms with Gasteiger partial charge in [-0.3, -0.25) is 4.99 Å². The SMILES string of the molecule is CCN(CCNC(=NC)NCCC(F)(F)F)c1cccc(C)c1. The number of nitrogens with zero attached hydrogens (tertiary/aromatic N) is 2. The van der Waals surface area contributed by atoms with Crippen molar-refractivity contribution >= 4 is 11.6 Å². The molecule has 0 bridgehead atoms. The second-order valence-corrected chi connectivity index (χ2v) is 5.21. The molecule has 0 heterocycles. The monoisotopic (exact) mass is 330 g/mol. The van der Waals surface area contributed by atoms with Crippen LogP contribution in [0.3, 0.4) is 0 Å². The number of hydrogen-bond donors (Lipinski definition) is 2. The molecule has 1 aromatic carbocycles. The van der Waals surface area contributed by atoms with E-state index >= 15 is 0 Å². The van der Waals surface area contributed by atoms with Crippen molar-refractivity contribution in [3.05, 3.63) is 29.8 Å². The first-order chi connectivity index (χ1) is 10.9.